The van der Waals surface area contributed by atoms with Crippen LogP contribution in [0.4, 0.5) is 0 Å². The molecule has 1 spiro atoms. The SMILES string of the molecule is CC(=O)OC(C)C=CC(=O)N[C@@H]1C[C@H](C)[C@H](CC=C(C)C=C[C@H]2O[C@](C)(O)C[C@@]3(CO3)[C@@H]2O)O[C@@H]1C. The van der Waals surface area contributed by atoms with Gasteiger partial charge in [0.1, 0.15) is 23.9 Å². The average molecular weight is 508 g/mol. The van der Waals surface area contributed by atoms with E-state index in [0.29, 0.717) is 13.0 Å². The van der Waals surface area contributed by atoms with Gasteiger partial charge in [0.05, 0.1) is 24.9 Å². The van der Waals surface area contributed by atoms with Crippen molar-refractivity contribution in [2.24, 2.45) is 5.92 Å². The standard InChI is InChI=1S/C27H41NO8/c1-16(8-11-23-25(31)27(15-33-27)14-26(6,32)36-23)7-10-22-17(2)13-21(19(4)35-22)28-24(30)12-9-18(3)34-20(5)29/h7-9,11-12,17-19,21-23,25,31-32H,10,13-15H2,1-6H3,(H,28,30)/t17-,18?,19+,21+,22-,23+,25+,26-,27+/m0/s1. The summed E-state index contributed by atoms with van der Waals surface area (Å²) in [5.74, 6) is -1.75. The molecule has 0 radical (unpaired) electrons. The molecule has 3 rings (SSSR count). The van der Waals surface area contributed by atoms with Crippen molar-refractivity contribution >= 4 is 11.9 Å². The van der Waals surface area contributed by atoms with Gasteiger partial charge in [-0.1, -0.05) is 30.7 Å². The number of esters is 1. The molecule has 1 amide bonds. The first-order chi connectivity index (χ1) is 16.8. The van der Waals surface area contributed by atoms with E-state index >= 15 is 0 Å². The van der Waals surface area contributed by atoms with E-state index in [1.807, 2.05) is 19.9 Å². The molecular weight excluding hydrogens is 466 g/mol. The van der Waals surface area contributed by atoms with Crippen LogP contribution >= 0.6 is 0 Å². The average Bonchev–Trinajstić information content (AvgIpc) is 3.54. The number of hydrogen-bond donors (Lipinski definition) is 3. The molecule has 3 N–H and O–H groups in total. The summed E-state index contributed by atoms with van der Waals surface area (Å²) in [4.78, 5) is 23.3. The van der Waals surface area contributed by atoms with Crippen molar-refractivity contribution < 1.29 is 38.7 Å². The number of epoxide rings is 1. The Morgan fingerprint density at radius 1 is 1.25 bits per heavy atom. The molecule has 202 valence electrons. The normalized spacial score (nSPS) is 39.9. The fourth-order valence-corrected chi connectivity index (χ4v) is 4.95. The highest BCUT2D eigenvalue weighted by atomic mass is 16.7. The number of carbonyl (C=O) groups is 2. The Balaban J connectivity index is 1.49. The highest BCUT2D eigenvalue weighted by Crippen LogP contribution is 2.45. The third kappa shape index (κ3) is 7.73. The van der Waals surface area contributed by atoms with E-state index in [1.54, 1.807) is 26.0 Å². The first-order valence-corrected chi connectivity index (χ1v) is 12.7. The second-order valence-corrected chi connectivity index (χ2v) is 10.7. The highest BCUT2D eigenvalue weighted by Gasteiger charge is 2.61. The Morgan fingerprint density at radius 3 is 2.58 bits per heavy atom. The Bertz CT molecular complexity index is 890. The van der Waals surface area contributed by atoms with Crippen molar-refractivity contribution in [1.82, 2.24) is 5.32 Å². The molecule has 0 aromatic carbocycles. The first kappa shape index (κ1) is 28.5. The van der Waals surface area contributed by atoms with E-state index in [2.05, 4.69) is 18.3 Å². The number of carbonyl (C=O) groups excluding carboxylic acids is 2. The third-order valence-electron chi connectivity index (χ3n) is 7.02. The van der Waals surface area contributed by atoms with Crippen molar-refractivity contribution in [3.63, 3.8) is 0 Å². The minimum Gasteiger partial charge on any atom is -0.459 e. The van der Waals surface area contributed by atoms with Gasteiger partial charge < -0.3 is 34.5 Å². The fraction of sp³-hybridized carbons (Fsp3) is 0.704. The molecule has 0 aliphatic carbocycles. The van der Waals surface area contributed by atoms with Crippen LogP contribution in [-0.4, -0.2) is 76.6 Å². The van der Waals surface area contributed by atoms with Crippen LogP contribution in [0, 0.1) is 5.92 Å². The number of nitrogens with one attached hydrogen (secondary N) is 1. The molecule has 36 heavy (non-hydrogen) atoms. The van der Waals surface area contributed by atoms with Gasteiger partial charge in [0.25, 0.3) is 0 Å². The summed E-state index contributed by atoms with van der Waals surface area (Å²) in [6.07, 6.45) is 8.33. The van der Waals surface area contributed by atoms with Gasteiger partial charge in [-0.2, -0.15) is 0 Å². The molecule has 1 unspecified atom stereocenters. The van der Waals surface area contributed by atoms with Gasteiger partial charge in [0.15, 0.2) is 5.79 Å². The van der Waals surface area contributed by atoms with Gasteiger partial charge in [-0.25, -0.2) is 0 Å². The zero-order chi connectivity index (χ0) is 26.7. The second-order valence-electron chi connectivity index (χ2n) is 10.7. The zero-order valence-electron chi connectivity index (χ0n) is 22.1. The molecule has 0 aromatic heterocycles. The van der Waals surface area contributed by atoms with Gasteiger partial charge in [0, 0.05) is 19.4 Å². The number of hydrogen-bond acceptors (Lipinski definition) is 8. The summed E-state index contributed by atoms with van der Waals surface area (Å²) >= 11 is 0. The van der Waals surface area contributed by atoms with E-state index in [9.17, 15) is 19.8 Å². The summed E-state index contributed by atoms with van der Waals surface area (Å²) in [6.45, 7) is 11.1. The Morgan fingerprint density at radius 2 is 1.94 bits per heavy atom. The van der Waals surface area contributed by atoms with E-state index < -0.39 is 35.7 Å². The van der Waals surface area contributed by atoms with Crippen molar-refractivity contribution in [1.29, 1.82) is 0 Å². The summed E-state index contributed by atoms with van der Waals surface area (Å²) in [5.41, 5.74) is 0.283. The maximum Gasteiger partial charge on any atom is 0.303 e. The summed E-state index contributed by atoms with van der Waals surface area (Å²) < 4.78 is 22.3. The molecule has 0 saturated carbocycles. The lowest BCUT2D eigenvalue weighted by Gasteiger charge is -2.40. The largest absolute Gasteiger partial charge is 0.459 e. The molecular formula is C27H41NO8. The number of allylic oxidation sites excluding steroid dienone is 2. The van der Waals surface area contributed by atoms with Gasteiger partial charge in [-0.05, 0) is 52.5 Å². The number of ether oxygens (including phenoxy) is 4. The van der Waals surface area contributed by atoms with E-state index in [4.69, 9.17) is 18.9 Å². The molecule has 3 heterocycles. The van der Waals surface area contributed by atoms with Crippen molar-refractivity contribution in [3.8, 4) is 0 Å². The van der Waals surface area contributed by atoms with E-state index in [-0.39, 0.29) is 36.5 Å². The number of amides is 1. The predicted molar refractivity (Wildman–Crippen MR) is 133 cm³/mol. The number of aliphatic hydroxyl groups is 2. The van der Waals surface area contributed by atoms with Crippen LogP contribution in [0.1, 0.15) is 60.8 Å². The van der Waals surface area contributed by atoms with Crippen molar-refractivity contribution in [2.75, 3.05) is 6.61 Å². The van der Waals surface area contributed by atoms with Crippen LogP contribution in [0.5, 0.6) is 0 Å². The first-order valence-electron chi connectivity index (χ1n) is 12.7. The lowest BCUT2D eigenvalue weighted by molar-refractivity contribution is -0.272. The van der Waals surface area contributed by atoms with Crippen LogP contribution in [-0.2, 0) is 28.5 Å². The van der Waals surface area contributed by atoms with Gasteiger partial charge >= 0.3 is 5.97 Å². The van der Waals surface area contributed by atoms with Crippen LogP contribution < -0.4 is 5.32 Å². The van der Waals surface area contributed by atoms with Gasteiger partial charge in [0.2, 0.25) is 5.91 Å². The van der Waals surface area contributed by atoms with E-state index in [0.717, 1.165) is 12.0 Å². The minimum absolute atomic E-state index is 0.0106. The lowest BCUT2D eigenvalue weighted by Crippen LogP contribution is -2.54. The van der Waals surface area contributed by atoms with Crippen LogP contribution in [0.25, 0.3) is 0 Å². The van der Waals surface area contributed by atoms with Crippen LogP contribution in [0.2, 0.25) is 0 Å². The Kier molecular flexibility index (Phi) is 9.16. The number of aliphatic hydroxyl groups excluding tert-OH is 1. The molecule has 9 heteroatoms. The monoisotopic (exact) mass is 507 g/mol. The molecule has 3 aliphatic rings. The maximum absolute atomic E-state index is 12.3. The Labute approximate surface area is 213 Å². The topological polar surface area (TPSA) is 127 Å². The smallest absolute Gasteiger partial charge is 0.303 e. The predicted octanol–water partition coefficient (Wildman–Crippen LogP) is 2.31. The summed E-state index contributed by atoms with van der Waals surface area (Å²) in [6, 6.07) is -0.114. The van der Waals surface area contributed by atoms with E-state index in [1.165, 1.54) is 13.0 Å². The Hall–Kier alpha value is -2.04. The lowest BCUT2D eigenvalue weighted by atomic mass is 9.87. The second kappa shape index (κ2) is 11.6. The van der Waals surface area contributed by atoms with Gasteiger partial charge in [-0.15, -0.1) is 0 Å². The summed E-state index contributed by atoms with van der Waals surface area (Å²) in [5, 5.41) is 23.9. The fourth-order valence-electron chi connectivity index (χ4n) is 4.95. The van der Waals surface area contributed by atoms with Crippen LogP contribution in [0.3, 0.4) is 0 Å². The van der Waals surface area contributed by atoms with Gasteiger partial charge in [-0.3, -0.25) is 9.59 Å². The molecule has 9 nitrogen and oxygen atoms in total. The highest BCUT2D eigenvalue weighted by molar-refractivity contribution is 5.87. The molecule has 0 bridgehead atoms. The molecule has 3 fully saturated rings. The van der Waals surface area contributed by atoms with Crippen LogP contribution in [0.15, 0.2) is 36.0 Å². The molecule has 3 saturated heterocycles. The quantitative estimate of drug-likeness (QED) is 0.198. The zero-order valence-corrected chi connectivity index (χ0v) is 22.1. The number of rotatable bonds is 8. The molecule has 9 atom stereocenters. The van der Waals surface area contributed by atoms with Crippen molar-refractivity contribution in [2.45, 2.75) is 109 Å². The third-order valence-corrected chi connectivity index (χ3v) is 7.02. The summed E-state index contributed by atoms with van der Waals surface area (Å²) in [7, 11) is 0. The van der Waals surface area contributed by atoms with Crippen molar-refractivity contribution in [3.05, 3.63) is 36.0 Å². The molecule has 3 aliphatic heterocycles. The maximum atomic E-state index is 12.3. The minimum atomic E-state index is -1.34. The molecule has 0 aromatic rings.